The minimum atomic E-state index is -2.00. The first kappa shape index (κ1) is 27.8. The van der Waals surface area contributed by atoms with Gasteiger partial charge in [-0.15, -0.1) is 0 Å². The van der Waals surface area contributed by atoms with Gasteiger partial charge in [0.05, 0.1) is 18.0 Å². The highest BCUT2D eigenvalue weighted by atomic mass is 19.1. The number of methoxy groups -OCH3 is 1. The first-order valence-corrected chi connectivity index (χ1v) is 13.7. The molecule has 0 radical (unpaired) electrons. The number of carbonyl (C=O) groups is 2. The monoisotopic (exact) mass is 577 g/mol. The van der Waals surface area contributed by atoms with Crippen molar-refractivity contribution in [3.8, 4) is 5.75 Å². The van der Waals surface area contributed by atoms with Crippen LogP contribution in [-0.2, 0) is 14.3 Å². The van der Waals surface area contributed by atoms with Crippen molar-refractivity contribution in [1.29, 1.82) is 0 Å². The summed E-state index contributed by atoms with van der Waals surface area (Å²) in [6.45, 7) is 2.13. The number of carboxylic acids is 1. The van der Waals surface area contributed by atoms with E-state index in [0.717, 1.165) is 38.3 Å². The zero-order valence-corrected chi connectivity index (χ0v) is 22.2. The van der Waals surface area contributed by atoms with E-state index >= 15 is 4.39 Å². The molecule has 1 aromatic heterocycles. The molecule has 0 amide bonds. The van der Waals surface area contributed by atoms with Crippen LogP contribution in [0, 0.1) is 11.7 Å². The van der Waals surface area contributed by atoms with Gasteiger partial charge >= 0.3 is 11.9 Å². The Hall–Kier alpha value is -3.30. The van der Waals surface area contributed by atoms with Gasteiger partial charge in [0.2, 0.25) is 11.7 Å². The molecule has 3 aliphatic heterocycles. The topological polar surface area (TPSA) is 180 Å². The van der Waals surface area contributed by atoms with Crippen molar-refractivity contribution in [3.63, 3.8) is 0 Å². The third-order valence-electron chi connectivity index (χ3n) is 8.51. The fourth-order valence-electron chi connectivity index (χ4n) is 6.26. The van der Waals surface area contributed by atoms with Gasteiger partial charge in [-0.25, -0.2) is 14.0 Å². The van der Waals surface area contributed by atoms with Crippen LogP contribution in [0.3, 0.4) is 0 Å². The highest BCUT2D eigenvalue weighted by Gasteiger charge is 2.49. The van der Waals surface area contributed by atoms with Gasteiger partial charge in [-0.2, -0.15) is 0 Å². The summed E-state index contributed by atoms with van der Waals surface area (Å²) in [6.07, 6.45) is -5.10. The number of benzene rings is 1. The largest absolute Gasteiger partial charge is 0.492 e. The van der Waals surface area contributed by atoms with Crippen LogP contribution in [0.25, 0.3) is 10.9 Å². The number of halogens is 1. The number of anilines is 1. The number of ether oxygens (including phenoxy) is 3. The minimum Gasteiger partial charge on any atom is -0.492 e. The molecule has 3 saturated heterocycles. The van der Waals surface area contributed by atoms with E-state index in [4.69, 9.17) is 14.2 Å². The molecule has 0 spiro atoms. The Bertz CT molecular complexity index is 1430. The van der Waals surface area contributed by atoms with E-state index in [9.17, 15) is 34.8 Å². The van der Waals surface area contributed by atoms with Gasteiger partial charge in [0.15, 0.2) is 17.7 Å². The number of pyridine rings is 1. The van der Waals surface area contributed by atoms with Crippen LogP contribution in [0.1, 0.15) is 42.1 Å². The van der Waals surface area contributed by atoms with Crippen LogP contribution in [0.15, 0.2) is 17.1 Å². The summed E-state index contributed by atoms with van der Waals surface area (Å²) in [6, 6.07) is 1.22. The van der Waals surface area contributed by atoms with Crippen LogP contribution >= 0.6 is 0 Å². The summed E-state index contributed by atoms with van der Waals surface area (Å²) in [4.78, 5) is 40.1. The van der Waals surface area contributed by atoms with Crippen molar-refractivity contribution in [3.05, 3.63) is 33.9 Å². The van der Waals surface area contributed by atoms with Gasteiger partial charge in [-0.05, 0) is 44.2 Å². The van der Waals surface area contributed by atoms with Crippen LogP contribution < -0.4 is 20.4 Å². The fourth-order valence-corrected chi connectivity index (χ4v) is 6.26. The summed E-state index contributed by atoms with van der Waals surface area (Å²) in [5.74, 6) is -3.05. The molecular formula is C27H32FN3O10. The summed E-state index contributed by atoms with van der Waals surface area (Å²) in [5, 5.41) is 42.8. The maximum atomic E-state index is 15.8. The van der Waals surface area contributed by atoms with E-state index in [2.05, 4.69) is 5.32 Å². The smallest absolute Gasteiger partial charge is 0.346 e. The van der Waals surface area contributed by atoms with Crippen molar-refractivity contribution in [2.75, 3.05) is 31.6 Å². The van der Waals surface area contributed by atoms with Crippen molar-refractivity contribution in [2.45, 2.75) is 68.5 Å². The number of carboxylic acid groups (broad SMARTS) is 1. The lowest BCUT2D eigenvalue weighted by molar-refractivity contribution is -0.278. The van der Waals surface area contributed by atoms with Crippen molar-refractivity contribution < 1.29 is 48.6 Å². The molecule has 0 unspecified atom stereocenters. The Morgan fingerprint density at radius 1 is 1.12 bits per heavy atom. The molecule has 222 valence electrons. The quantitative estimate of drug-likeness (QED) is 0.284. The summed E-state index contributed by atoms with van der Waals surface area (Å²) < 4.78 is 33.4. The van der Waals surface area contributed by atoms with Gasteiger partial charge in [-0.3, -0.25) is 4.79 Å². The molecule has 4 heterocycles. The number of rotatable bonds is 6. The molecule has 1 saturated carbocycles. The second-order valence-corrected chi connectivity index (χ2v) is 11.2. The third-order valence-corrected chi connectivity index (χ3v) is 8.51. The van der Waals surface area contributed by atoms with Crippen LogP contribution in [-0.4, -0.2) is 100 Å². The average Bonchev–Trinajstić information content (AvgIpc) is 3.70. The predicted octanol–water partition coefficient (Wildman–Crippen LogP) is -0.279. The van der Waals surface area contributed by atoms with Crippen molar-refractivity contribution in [1.82, 2.24) is 9.88 Å². The Morgan fingerprint density at radius 3 is 2.54 bits per heavy atom. The maximum Gasteiger partial charge on any atom is 0.346 e. The summed E-state index contributed by atoms with van der Waals surface area (Å²) >= 11 is 0. The number of esters is 1. The average molecular weight is 578 g/mol. The molecule has 6 rings (SSSR count). The molecule has 4 aliphatic rings. The number of hydrogen-bond acceptors (Lipinski definition) is 11. The molecule has 4 fully saturated rings. The lowest BCUT2D eigenvalue weighted by Gasteiger charge is -2.37. The maximum absolute atomic E-state index is 15.8. The van der Waals surface area contributed by atoms with E-state index in [1.807, 2.05) is 4.90 Å². The second kappa shape index (κ2) is 10.5. The molecule has 0 bridgehead atoms. The van der Waals surface area contributed by atoms with Gasteiger partial charge in [0.25, 0.3) is 0 Å². The van der Waals surface area contributed by atoms with Crippen LogP contribution in [0.5, 0.6) is 5.75 Å². The molecule has 14 heteroatoms. The van der Waals surface area contributed by atoms with Gasteiger partial charge in [0, 0.05) is 31.4 Å². The predicted molar refractivity (Wildman–Crippen MR) is 139 cm³/mol. The van der Waals surface area contributed by atoms with Crippen LogP contribution in [0.4, 0.5) is 10.1 Å². The summed E-state index contributed by atoms with van der Waals surface area (Å²) in [7, 11) is 1.41. The number of carbonyl (C=O) groups excluding carboxylic acids is 1. The zero-order chi connectivity index (χ0) is 29.2. The molecule has 5 N–H and O–H groups in total. The van der Waals surface area contributed by atoms with E-state index in [-0.39, 0.29) is 28.9 Å². The van der Waals surface area contributed by atoms with E-state index < -0.39 is 59.5 Å². The number of fused-ring (bicyclic) bond motifs is 2. The molecule has 1 aliphatic carbocycles. The highest BCUT2D eigenvalue weighted by molar-refractivity contribution is 5.98. The molecule has 13 nitrogen and oxygen atoms in total. The first-order chi connectivity index (χ1) is 19.6. The van der Waals surface area contributed by atoms with E-state index in [1.165, 1.54) is 13.3 Å². The second-order valence-electron chi connectivity index (χ2n) is 11.2. The van der Waals surface area contributed by atoms with Crippen molar-refractivity contribution in [2.24, 2.45) is 5.92 Å². The number of nitrogens with zero attached hydrogens (tertiary/aromatic N) is 2. The van der Waals surface area contributed by atoms with Gasteiger partial charge < -0.3 is 49.4 Å². The Kier molecular flexibility index (Phi) is 7.14. The first-order valence-electron chi connectivity index (χ1n) is 13.7. The number of aliphatic hydroxyl groups excluding tert-OH is 3. The van der Waals surface area contributed by atoms with Gasteiger partial charge in [-0.1, -0.05) is 0 Å². The number of aliphatic carboxylic acids is 1. The Morgan fingerprint density at radius 2 is 1.88 bits per heavy atom. The number of nitrogens with one attached hydrogen (secondary N) is 1. The number of hydrogen-bond donors (Lipinski definition) is 5. The fraction of sp³-hybridized carbons (Fsp3) is 0.593. The molecule has 41 heavy (non-hydrogen) atoms. The van der Waals surface area contributed by atoms with Crippen molar-refractivity contribution >= 4 is 28.5 Å². The van der Waals surface area contributed by atoms with Crippen LogP contribution in [0.2, 0.25) is 0 Å². The number of aromatic nitrogens is 1. The standard InChI is InChI=1S/C27H32FN3O10/c1-39-23-17-13(7-15(28)18(23)30-8-11-3-2-6-29-16(11)10-30)19(32)14(9-31(17)12-4-5-12)26(38)41-27-22(35)20(33)21(34)24(40-27)25(36)37/h7,9,11-12,16,20-22,24,27,29,33-35H,2-6,8,10H2,1H3,(H,36,37)/t11-,16+,20-,21+,22+,24-,27+/m0/s1. The third kappa shape index (κ3) is 4.73. The number of aliphatic hydroxyl groups is 3. The van der Waals surface area contributed by atoms with E-state index in [0.29, 0.717) is 24.5 Å². The molecular weight excluding hydrogens is 545 g/mol. The number of piperidine rings is 1. The SMILES string of the molecule is COc1c(N2C[C@@H]3CCCN[C@@H]3C2)c(F)cc2c(=O)c(C(=O)O[C@H]3O[C@H](C(=O)O)[C@H](O)[C@H](O)[C@H]3O)cn(C3CC3)c12. The lowest BCUT2D eigenvalue weighted by atomic mass is 9.94. The Balaban J connectivity index is 1.39. The molecule has 7 atom stereocenters. The van der Waals surface area contributed by atoms with Gasteiger partial charge in [0.1, 0.15) is 29.6 Å². The normalized spacial score (nSPS) is 31.6. The lowest BCUT2D eigenvalue weighted by Crippen LogP contribution is -2.60. The summed E-state index contributed by atoms with van der Waals surface area (Å²) in [5.41, 5.74) is -0.762. The molecule has 1 aromatic carbocycles. The van der Waals surface area contributed by atoms with E-state index in [1.54, 1.807) is 4.57 Å². The zero-order valence-electron chi connectivity index (χ0n) is 22.2. The highest BCUT2D eigenvalue weighted by Crippen LogP contribution is 2.45. The molecule has 2 aromatic rings. The Labute approximate surface area is 233 Å². The minimum absolute atomic E-state index is 0.0930.